The van der Waals surface area contributed by atoms with E-state index in [-0.39, 0.29) is 62.6 Å². The molecular formula is C43H50ClF3N6O8S. The largest absolute Gasteiger partial charge is 0.495 e. The lowest BCUT2D eigenvalue weighted by atomic mass is 9.77. The Morgan fingerprint density at radius 3 is 2.34 bits per heavy atom. The number of halogens is 4. The first-order valence-electron chi connectivity index (χ1n) is 20.6. The van der Waals surface area contributed by atoms with Crippen LogP contribution in [0.5, 0.6) is 11.6 Å². The molecule has 2 aliphatic heterocycles. The third-order valence-electron chi connectivity index (χ3n) is 12.4. The van der Waals surface area contributed by atoms with E-state index < -0.39 is 85.9 Å². The average Bonchev–Trinajstić information content (AvgIpc) is 4.16. The van der Waals surface area contributed by atoms with Gasteiger partial charge in [-0.15, -0.1) is 6.58 Å². The SMILES string of the molecule is C=CC1C[C@@]1(NC(=O)[C@@H]1C[C@@H](Oc2nc(-c3ccccn3)cc3c(Cl)c(OC)ccc23)CN1C(=O)C(CC(=O)N1CCC(C(F)(F)F)CC1)C(C)(C)C)C(=O)NS(=O)(=O)C1CC1. The molecule has 1 aromatic carbocycles. The van der Waals surface area contributed by atoms with Crippen molar-refractivity contribution in [3.05, 3.63) is 60.3 Å². The van der Waals surface area contributed by atoms with E-state index in [2.05, 4.69) is 21.6 Å². The van der Waals surface area contributed by atoms with E-state index >= 15 is 0 Å². The summed E-state index contributed by atoms with van der Waals surface area (Å²) in [6.07, 6.45) is -2.26. The van der Waals surface area contributed by atoms with E-state index in [9.17, 15) is 40.8 Å². The number of ether oxygens (including phenoxy) is 2. The number of carbonyl (C=O) groups is 4. The number of aromatic nitrogens is 2. The van der Waals surface area contributed by atoms with Gasteiger partial charge < -0.3 is 24.6 Å². The molecule has 0 radical (unpaired) electrons. The highest BCUT2D eigenvalue weighted by Gasteiger charge is 2.62. The average molecular weight is 903 g/mol. The monoisotopic (exact) mass is 902 g/mol. The topological polar surface area (TPSA) is 177 Å². The second kappa shape index (κ2) is 17.0. The van der Waals surface area contributed by atoms with Gasteiger partial charge in [0.05, 0.1) is 47.2 Å². The van der Waals surface area contributed by atoms with Gasteiger partial charge >= 0.3 is 6.18 Å². The van der Waals surface area contributed by atoms with E-state index in [0.29, 0.717) is 40.8 Å². The summed E-state index contributed by atoms with van der Waals surface area (Å²) in [5.74, 6) is -5.38. The molecule has 2 saturated heterocycles. The first-order chi connectivity index (χ1) is 29.2. The first kappa shape index (κ1) is 45.1. The van der Waals surface area contributed by atoms with Gasteiger partial charge in [0.25, 0.3) is 5.91 Å². The number of methoxy groups -OCH3 is 1. The number of alkyl halides is 3. The van der Waals surface area contributed by atoms with Gasteiger partial charge in [-0.2, -0.15) is 13.2 Å². The number of nitrogens with one attached hydrogen (secondary N) is 2. The van der Waals surface area contributed by atoms with Crippen LogP contribution in [0, 0.1) is 23.2 Å². The number of carbonyl (C=O) groups excluding carboxylic acids is 4. The van der Waals surface area contributed by atoms with Crippen molar-refractivity contribution in [3.63, 3.8) is 0 Å². The number of hydrogen-bond donors (Lipinski definition) is 2. The normalized spacial score (nSPS) is 23.7. The number of likely N-dealkylation sites (tertiary alicyclic amines) is 2. The number of sulfonamides is 1. The lowest BCUT2D eigenvalue weighted by Crippen LogP contribution is -2.57. The van der Waals surface area contributed by atoms with Crippen molar-refractivity contribution >= 4 is 56.0 Å². The molecule has 2 aromatic heterocycles. The summed E-state index contributed by atoms with van der Waals surface area (Å²) < 4.78 is 80.2. The zero-order valence-electron chi connectivity index (χ0n) is 34.8. The molecule has 14 nitrogen and oxygen atoms in total. The zero-order valence-corrected chi connectivity index (χ0v) is 36.4. The van der Waals surface area contributed by atoms with Crippen molar-refractivity contribution < 1.29 is 50.2 Å². The van der Waals surface area contributed by atoms with Crippen LogP contribution < -0.4 is 19.5 Å². The maximum Gasteiger partial charge on any atom is 0.391 e. The van der Waals surface area contributed by atoms with E-state index in [1.54, 1.807) is 63.4 Å². The molecule has 5 atom stereocenters. The molecule has 2 aliphatic carbocycles. The summed E-state index contributed by atoms with van der Waals surface area (Å²) in [6.45, 7) is 8.64. The van der Waals surface area contributed by atoms with Crippen LogP contribution in [-0.2, 0) is 29.2 Å². The Bertz CT molecular complexity index is 2370. The molecule has 4 aliphatic rings. The second-order valence-corrected chi connectivity index (χ2v) is 20.0. The van der Waals surface area contributed by atoms with Gasteiger partial charge in [-0.1, -0.05) is 44.5 Å². The fourth-order valence-electron chi connectivity index (χ4n) is 8.41. The van der Waals surface area contributed by atoms with Crippen LogP contribution in [0.15, 0.2) is 55.3 Å². The predicted molar refractivity (Wildman–Crippen MR) is 223 cm³/mol. The molecule has 19 heteroatoms. The number of benzene rings is 1. The first-order valence-corrected chi connectivity index (χ1v) is 22.5. The Morgan fingerprint density at radius 1 is 1.05 bits per heavy atom. The molecule has 3 aromatic rings. The van der Waals surface area contributed by atoms with Crippen LogP contribution in [0.1, 0.15) is 65.7 Å². The van der Waals surface area contributed by atoms with E-state index in [1.807, 2.05) is 0 Å². The van der Waals surface area contributed by atoms with E-state index in [4.69, 9.17) is 26.1 Å². The van der Waals surface area contributed by atoms with Gasteiger partial charge in [0.2, 0.25) is 33.6 Å². The molecule has 4 heterocycles. The number of rotatable bonds is 13. The van der Waals surface area contributed by atoms with E-state index in [1.165, 1.54) is 23.0 Å². The molecular weight excluding hydrogens is 853 g/mol. The fraction of sp³-hybridized carbons (Fsp3) is 0.535. The summed E-state index contributed by atoms with van der Waals surface area (Å²) >= 11 is 6.81. The van der Waals surface area contributed by atoms with Gasteiger partial charge in [0.1, 0.15) is 23.4 Å². The van der Waals surface area contributed by atoms with Crippen molar-refractivity contribution in [1.82, 2.24) is 29.8 Å². The minimum atomic E-state index is -4.37. The molecule has 62 heavy (non-hydrogen) atoms. The van der Waals surface area contributed by atoms with E-state index in [0.717, 1.165) is 0 Å². The third-order valence-corrected chi connectivity index (χ3v) is 14.6. The highest BCUT2D eigenvalue weighted by molar-refractivity contribution is 7.91. The van der Waals surface area contributed by atoms with Gasteiger partial charge in [0.15, 0.2) is 0 Å². The Hall–Kier alpha value is -4.97. The lowest BCUT2D eigenvalue weighted by Gasteiger charge is -2.37. The smallest absolute Gasteiger partial charge is 0.391 e. The summed E-state index contributed by atoms with van der Waals surface area (Å²) in [7, 11) is -2.50. The van der Waals surface area contributed by atoms with Crippen LogP contribution >= 0.6 is 11.6 Å². The van der Waals surface area contributed by atoms with Crippen molar-refractivity contribution in [2.45, 2.75) is 94.8 Å². The molecule has 7 rings (SSSR count). The second-order valence-electron chi connectivity index (χ2n) is 17.7. The zero-order chi connectivity index (χ0) is 44.9. The molecule has 4 amide bonds. The van der Waals surface area contributed by atoms with Gasteiger partial charge in [-0.25, -0.2) is 13.4 Å². The summed E-state index contributed by atoms with van der Waals surface area (Å²) in [6, 6.07) is 9.12. The van der Waals surface area contributed by atoms with Crippen molar-refractivity contribution in [1.29, 1.82) is 0 Å². The Morgan fingerprint density at radius 2 is 1.76 bits per heavy atom. The number of fused-ring (bicyclic) bond motifs is 1. The quantitative estimate of drug-likeness (QED) is 0.199. The van der Waals surface area contributed by atoms with Gasteiger partial charge in [-0.05, 0) is 67.9 Å². The molecule has 4 fully saturated rings. The van der Waals surface area contributed by atoms with Crippen LogP contribution in [0.4, 0.5) is 13.2 Å². The van der Waals surface area contributed by atoms with Crippen molar-refractivity contribution in [2.75, 3.05) is 26.7 Å². The minimum Gasteiger partial charge on any atom is -0.495 e. The standard InChI is InChI=1S/C43H50ClF3N6O8S/c1-6-24-22-42(24,40(57)51-62(58,59)27-10-11-27)50-37(55)33-19-26(61-38-28-12-13-34(60-5)36(44)29(28)20-32(49-38)31-9-7-8-16-48-31)23-53(33)39(56)30(41(2,3)4)21-35(54)52-17-14-25(15-18-52)43(45,46)47/h6-9,12-13,16,20,24-27,30,33H,1,10-11,14-15,17-19,21-23H2,2-5H3,(H,50,55)(H,51,57)/t24?,26-,30?,33+,42+/m1/s1. The number of nitrogens with zero attached hydrogens (tertiary/aromatic N) is 4. The fourth-order valence-corrected chi connectivity index (χ4v) is 10.1. The maximum atomic E-state index is 14.9. The number of amides is 4. The van der Waals surface area contributed by atoms with Crippen molar-refractivity contribution in [3.8, 4) is 23.0 Å². The van der Waals surface area contributed by atoms with Crippen molar-refractivity contribution in [2.24, 2.45) is 23.2 Å². The van der Waals surface area contributed by atoms with Gasteiger partial charge in [-0.3, -0.25) is 28.9 Å². The molecule has 2 N–H and O–H groups in total. The van der Waals surface area contributed by atoms with Crippen LogP contribution in [0.2, 0.25) is 5.02 Å². The maximum absolute atomic E-state index is 14.9. The molecule has 2 unspecified atom stereocenters. The summed E-state index contributed by atoms with van der Waals surface area (Å²) in [5, 5.41) is 3.37. The highest BCUT2D eigenvalue weighted by Crippen LogP contribution is 2.46. The Kier molecular flexibility index (Phi) is 12.3. The number of piperidine rings is 1. The van der Waals surface area contributed by atoms with Gasteiger partial charge in [0, 0.05) is 48.8 Å². The Labute approximate surface area is 363 Å². The molecule has 334 valence electrons. The highest BCUT2D eigenvalue weighted by atomic mass is 35.5. The van der Waals surface area contributed by atoms with Crippen LogP contribution in [0.25, 0.3) is 22.2 Å². The molecule has 2 saturated carbocycles. The Balaban J connectivity index is 1.21. The summed E-state index contributed by atoms with van der Waals surface area (Å²) in [5.41, 5.74) is -1.61. The number of hydrogen-bond acceptors (Lipinski definition) is 10. The minimum absolute atomic E-state index is 0.0689. The predicted octanol–water partition coefficient (Wildman–Crippen LogP) is 5.83. The van der Waals surface area contributed by atoms with Crippen LogP contribution in [0.3, 0.4) is 0 Å². The third kappa shape index (κ3) is 9.22. The molecule has 0 bridgehead atoms. The summed E-state index contributed by atoms with van der Waals surface area (Å²) in [4.78, 5) is 68.8. The molecule has 0 spiro atoms. The number of pyridine rings is 2. The lowest BCUT2D eigenvalue weighted by molar-refractivity contribution is -0.186. The van der Waals surface area contributed by atoms with Crippen LogP contribution in [-0.4, -0.2) is 108 Å².